The average molecular weight is 490 g/mol. The zero-order valence-electron chi connectivity index (χ0n) is 15.5. The summed E-state index contributed by atoms with van der Waals surface area (Å²) in [6.07, 6.45) is -5.12. The van der Waals surface area contributed by atoms with Crippen LogP contribution in [-0.4, -0.2) is 84.3 Å². The van der Waals surface area contributed by atoms with Gasteiger partial charge in [0.15, 0.2) is 6.23 Å². The fourth-order valence-electron chi connectivity index (χ4n) is 2.36. The lowest BCUT2D eigenvalue weighted by Crippen LogP contribution is -2.36. The normalized spacial score (nSPS) is 27.4. The number of hydroxylamine groups is 2. The molecule has 1 aliphatic heterocycles. The highest BCUT2D eigenvalue weighted by atomic mass is 31.3. The molecule has 1 aliphatic rings. The number of carbonyl (C=O) groups is 1. The molecule has 2 rings (SSSR count). The fraction of sp³-hybridized carbons (Fsp3) is 0.583. The molecule has 0 radical (unpaired) electrons. The van der Waals surface area contributed by atoms with Gasteiger partial charge < -0.3 is 30.5 Å². The molecule has 0 spiro atoms. The lowest BCUT2D eigenvalue weighted by atomic mass is 10.1. The minimum atomic E-state index is -5.25. The number of rotatable bonds is 11. The van der Waals surface area contributed by atoms with Crippen molar-refractivity contribution in [2.75, 3.05) is 25.5 Å². The Morgan fingerprint density at radius 3 is 2.52 bits per heavy atom. The maximum atomic E-state index is 11.9. The van der Waals surface area contributed by atoms with Crippen molar-refractivity contribution in [1.82, 2.24) is 14.6 Å². The highest BCUT2D eigenvalue weighted by molar-refractivity contribution is 7.61. The van der Waals surface area contributed by atoms with E-state index in [1.54, 1.807) is 0 Å². The maximum absolute atomic E-state index is 11.9. The van der Waals surface area contributed by atoms with Crippen molar-refractivity contribution < 1.29 is 57.2 Å². The van der Waals surface area contributed by atoms with Crippen molar-refractivity contribution in [2.24, 2.45) is 0 Å². The molecule has 1 fully saturated rings. The number of hydrogen-bond donors (Lipinski definition) is 6. The van der Waals surface area contributed by atoms with E-state index in [0.717, 1.165) is 10.8 Å². The van der Waals surface area contributed by atoms with Gasteiger partial charge in [-0.3, -0.25) is 23.6 Å². The summed E-state index contributed by atoms with van der Waals surface area (Å²) in [5.41, 5.74) is 4.46. The molecule has 19 heteroatoms. The number of nitrogens with two attached hydrogens (primary N) is 1. The Hall–Kier alpha value is -1.75. The Balaban J connectivity index is 1.95. The summed E-state index contributed by atoms with van der Waals surface area (Å²) >= 11 is 0. The molecular formula is C12H20N4O13P2. The topological polar surface area (TPSA) is 253 Å². The van der Waals surface area contributed by atoms with Crippen LogP contribution in [0.2, 0.25) is 0 Å². The van der Waals surface area contributed by atoms with Crippen LogP contribution in [0.25, 0.3) is 0 Å². The minimum Gasteiger partial charge on any atom is -0.387 e. The summed E-state index contributed by atoms with van der Waals surface area (Å²) in [4.78, 5) is 44.4. The van der Waals surface area contributed by atoms with Gasteiger partial charge in [0.1, 0.15) is 24.1 Å². The van der Waals surface area contributed by atoms with Gasteiger partial charge >= 0.3 is 21.3 Å². The van der Waals surface area contributed by atoms with Crippen molar-refractivity contribution in [3.63, 3.8) is 0 Å². The number of ether oxygens (including phenoxy) is 1. The van der Waals surface area contributed by atoms with E-state index in [1.807, 2.05) is 0 Å². The quantitative estimate of drug-likeness (QED) is 0.0814. The first kappa shape index (κ1) is 25.5. The maximum Gasteiger partial charge on any atom is 0.481 e. The first-order chi connectivity index (χ1) is 14.3. The van der Waals surface area contributed by atoms with E-state index in [9.17, 15) is 38.7 Å². The molecular weight excluding hydrogens is 470 g/mol. The van der Waals surface area contributed by atoms with Gasteiger partial charge in [0.25, 0.3) is 0 Å². The van der Waals surface area contributed by atoms with Crippen LogP contribution in [0.4, 0.5) is 5.82 Å². The van der Waals surface area contributed by atoms with Crippen LogP contribution in [0.3, 0.4) is 0 Å². The zero-order chi connectivity index (χ0) is 23.4. The van der Waals surface area contributed by atoms with Crippen LogP contribution in [-0.2, 0) is 32.0 Å². The predicted octanol–water partition coefficient (Wildman–Crippen LogP) is -2.46. The average Bonchev–Trinajstić information content (AvgIpc) is 2.93. The number of aromatic nitrogens is 2. The number of phosphoric acid groups is 2. The van der Waals surface area contributed by atoms with Crippen molar-refractivity contribution in [2.45, 2.75) is 24.5 Å². The van der Waals surface area contributed by atoms with Crippen molar-refractivity contribution in [1.29, 1.82) is 0 Å². The summed E-state index contributed by atoms with van der Waals surface area (Å²) in [5, 5.41) is 29.0. The van der Waals surface area contributed by atoms with E-state index in [4.69, 9.17) is 15.7 Å². The molecule has 0 aliphatic carbocycles. The number of carbonyl (C=O) groups excluding carboxylic acids is 1. The number of nitrogens with zero attached hydrogens (tertiary/aromatic N) is 3. The van der Waals surface area contributed by atoms with Crippen molar-refractivity contribution in [3.05, 3.63) is 22.7 Å². The Labute approximate surface area is 173 Å². The van der Waals surface area contributed by atoms with Gasteiger partial charge in [-0.25, -0.2) is 19.0 Å². The number of nitrogen functional groups attached to an aromatic ring is 1. The van der Waals surface area contributed by atoms with Crippen LogP contribution >= 0.6 is 15.6 Å². The summed E-state index contributed by atoms with van der Waals surface area (Å²) in [6, 6.07) is 1.23. The van der Waals surface area contributed by atoms with Crippen molar-refractivity contribution in [3.8, 4) is 0 Å². The molecule has 31 heavy (non-hydrogen) atoms. The molecule has 0 saturated carbocycles. The molecule has 1 amide bonds. The molecule has 1 aromatic heterocycles. The summed E-state index contributed by atoms with van der Waals surface area (Å²) < 4.78 is 42.4. The standard InChI is InChI=1S/C12H20N4O13P2/c13-8-1-2-16(12(20)14-8)11-10(19)9(18)7(28-11)5-27-31(24,25)29-30(22,23)26-4-3-15(21)6-17/h1-2,6-7,9-11,18-19,21H,3-5H2,(H,22,23)(H,24,25)(H2,13,14,20)/t7-,9-,10-,11-/m1/s1. The van der Waals surface area contributed by atoms with Gasteiger partial charge in [0.05, 0.1) is 19.8 Å². The van der Waals surface area contributed by atoms with Crippen LogP contribution in [0, 0.1) is 0 Å². The largest absolute Gasteiger partial charge is 0.481 e. The molecule has 2 unspecified atom stereocenters. The molecule has 176 valence electrons. The molecule has 1 saturated heterocycles. The number of aliphatic hydroxyl groups is 2. The Kier molecular flexibility index (Phi) is 8.43. The van der Waals surface area contributed by atoms with Gasteiger partial charge in [0.2, 0.25) is 6.41 Å². The molecule has 17 nitrogen and oxygen atoms in total. The molecule has 2 heterocycles. The lowest BCUT2D eigenvalue weighted by Gasteiger charge is -2.19. The number of phosphoric ester groups is 2. The second kappa shape index (κ2) is 10.2. The zero-order valence-corrected chi connectivity index (χ0v) is 17.3. The molecule has 0 aromatic carbocycles. The predicted molar refractivity (Wildman–Crippen MR) is 96.0 cm³/mol. The Morgan fingerprint density at radius 2 is 1.90 bits per heavy atom. The second-order valence-corrected chi connectivity index (χ2v) is 9.05. The number of anilines is 1. The third kappa shape index (κ3) is 7.13. The Bertz CT molecular complexity index is 928. The first-order valence-corrected chi connectivity index (χ1v) is 11.3. The van der Waals surface area contributed by atoms with Crippen LogP contribution < -0.4 is 11.4 Å². The van der Waals surface area contributed by atoms with Gasteiger partial charge in [0, 0.05) is 6.20 Å². The minimum absolute atomic E-state index is 0.0182. The Morgan fingerprint density at radius 1 is 1.26 bits per heavy atom. The van der Waals surface area contributed by atoms with E-state index in [0.29, 0.717) is 0 Å². The number of hydrogen-bond acceptors (Lipinski definition) is 13. The van der Waals surface area contributed by atoms with E-state index in [-0.39, 0.29) is 17.3 Å². The summed E-state index contributed by atoms with van der Waals surface area (Å²) in [7, 11) is -10.4. The summed E-state index contributed by atoms with van der Waals surface area (Å²) in [5.74, 6) is -0.0963. The van der Waals surface area contributed by atoms with Crippen LogP contribution in [0.1, 0.15) is 6.23 Å². The molecule has 1 aromatic rings. The van der Waals surface area contributed by atoms with E-state index in [1.165, 1.54) is 6.07 Å². The van der Waals surface area contributed by atoms with Gasteiger partial charge in [-0.2, -0.15) is 9.29 Å². The van der Waals surface area contributed by atoms with Crippen LogP contribution in [0.5, 0.6) is 0 Å². The molecule has 7 N–H and O–H groups in total. The van der Waals surface area contributed by atoms with E-state index < -0.39 is 65.6 Å². The van der Waals surface area contributed by atoms with Gasteiger partial charge in [-0.15, -0.1) is 0 Å². The van der Waals surface area contributed by atoms with E-state index in [2.05, 4.69) is 18.3 Å². The first-order valence-electron chi connectivity index (χ1n) is 8.28. The number of aliphatic hydroxyl groups excluding tert-OH is 2. The highest BCUT2D eigenvalue weighted by Crippen LogP contribution is 2.60. The number of amides is 1. The lowest BCUT2D eigenvalue weighted by molar-refractivity contribution is -0.151. The third-order valence-electron chi connectivity index (χ3n) is 3.77. The highest BCUT2D eigenvalue weighted by Gasteiger charge is 2.46. The van der Waals surface area contributed by atoms with Gasteiger partial charge in [-0.1, -0.05) is 0 Å². The van der Waals surface area contributed by atoms with E-state index >= 15 is 0 Å². The van der Waals surface area contributed by atoms with Crippen molar-refractivity contribution >= 4 is 27.9 Å². The molecule has 0 bridgehead atoms. The van der Waals surface area contributed by atoms with Crippen LogP contribution in [0.15, 0.2) is 17.1 Å². The fourth-order valence-corrected chi connectivity index (χ4v) is 4.43. The second-order valence-electron chi connectivity index (χ2n) is 6.00. The van der Waals surface area contributed by atoms with Gasteiger partial charge in [-0.05, 0) is 6.07 Å². The summed E-state index contributed by atoms with van der Waals surface area (Å²) in [6.45, 7) is -2.18. The monoisotopic (exact) mass is 490 g/mol. The third-order valence-corrected chi connectivity index (χ3v) is 6.40. The SMILES string of the molecule is Nc1ccn([C@@H]2O[C@H](COP(=O)(O)OP(=O)(O)OCCN(O)C=O)[C@@H](O)[C@H]2O)c(=O)n1. The molecule has 6 atom stereocenters. The smallest absolute Gasteiger partial charge is 0.387 e.